The van der Waals surface area contributed by atoms with E-state index in [0.717, 1.165) is 28.5 Å². The number of hydrogen-bond donors (Lipinski definition) is 0. The summed E-state index contributed by atoms with van der Waals surface area (Å²) in [6.07, 6.45) is 3.86. The average molecular weight is 452 g/mol. The van der Waals surface area contributed by atoms with Crippen LogP contribution in [0.3, 0.4) is 0 Å². The van der Waals surface area contributed by atoms with Gasteiger partial charge in [0.05, 0.1) is 22.8 Å². The third-order valence-electron chi connectivity index (χ3n) is 7.78. The topological polar surface area (TPSA) is 29.0 Å². The zero-order valence-electron chi connectivity index (χ0n) is 19.8. The number of anilines is 3. The van der Waals surface area contributed by atoms with Crippen LogP contribution in [-0.4, -0.2) is 9.97 Å². The fourth-order valence-electron chi connectivity index (χ4n) is 6.29. The van der Waals surface area contributed by atoms with Gasteiger partial charge in [0.2, 0.25) is 0 Å². The molecule has 1 spiro atoms. The Labute approximate surface area is 205 Å². The van der Waals surface area contributed by atoms with Gasteiger partial charge in [-0.25, -0.2) is 0 Å². The zero-order chi connectivity index (χ0) is 23.6. The monoisotopic (exact) mass is 451 g/mol. The molecule has 0 atom stereocenters. The molecule has 5 aromatic rings. The maximum atomic E-state index is 5.13. The van der Waals surface area contributed by atoms with Crippen molar-refractivity contribution in [2.75, 3.05) is 4.90 Å². The summed E-state index contributed by atoms with van der Waals surface area (Å²) in [4.78, 5) is 12.6. The fraction of sp³-hybridized carbons (Fsp3) is 0.125. The molecule has 3 heterocycles. The SMILES string of the molecule is CC1(C)c2cccnc2C2(c3ccccc3N(c3ccccc3)c3ccccc32)c2ncccc21. The molecule has 0 fully saturated rings. The molecule has 0 saturated carbocycles. The number of rotatable bonds is 1. The van der Waals surface area contributed by atoms with Crippen molar-refractivity contribution in [1.82, 2.24) is 9.97 Å². The number of pyridine rings is 2. The summed E-state index contributed by atoms with van der Waals surface area (Å²) in [6.45, 7) is 4.58. The first-order valence-electron chi connectivity index (χ1n) is 12.1. The Hall–Kier alpha value is -4.24. The van der Waals surface area contributed by atoms with Crippen LogP contribution in [0.25, 0.3) is 0 Å². The van der Waals surface area contributed by atoms with E-state index in [9.17, 15) is 0 Å². The van der Waals surface area contributed by atoms with Crippen molar-refractivity contribution in [3.05, 3.63) is 149 Å². The molecule has 0 amide bonds. The van der Waals surface area contributed by atoms with Crippen molar-refractivity contribution in [2.24, 2.45) is 0 Å². The van der Waals surface area contributed by atoms with E-state index in [1.165, 1.54) is 22.3 Å². The van der Waals surface area contributed by atoms with E-state index in [1.807, 2.05) is 12.4 Å². The smallest absolute Gasteiger partial charge is 0.109 e. The van der Waals surface area contributed by atoms with Crippen LogP contribution in [0, 0.1) is 0 Å². The second-order valence-corrected chi connectivity index (χ2v) is 9.88. The van der Waals surface area contributed by atoms with Gasteiger partial charge >= 0.3 is 0 Å². The summed E-state index contributed by atoms with van der Waals surface area (Å²) in [7, 11) is 0. The highest BCUT2D eigenvalue weighted by molar-refractivity contribution is 5.89. The van der Waals surface area contributed by atoms with E-state index < -0.39 is 5.41 Å². The minimum absolute atomic E-state index is 0.209. The Morgan fingerprint density at radius 2 is 0.971 bits per heavy atom. The molecule has 1 aliphatic heterocycles. The third kappa shape index (κ3) is 2.50. The Bertz CT molecular complexity index is 1490. The highest BCUT2D eigenvalue weighted by atomic mass is 15.2. The van der Waals surface area contributed by atoms with Gasteiger partial charge < -0.3 is 4.90 Å². The average Bonchev–Trinajstić information content (AvgIpc) is 2.92. The van der Waals surface area contributed by atoms with Crippen LogP contribution < -0.4 is 4.90 Å². The quantitative estimate of drug-likeness (QED) is 0.263. The predicted octanol–water partition coefficient (Wildman–Crippen LogP) is 7.28. The normalized spacial score (nSPS) is 16.1. The molecule has 2 aliphatic rings. The molecule has 3 heteroatoms. The molecule has 0 N–H and O–H groups in total. The lowest BCUT2D eigenvalue weighted by Gasteiger charge is -2.50. The van der Waals surface area contributed by atoms with Crippen LogP contribution in [0.5, 0.6) is 0 Å². The van der Waals surface area contributed by atoms with Crippen LogP contribution >= 0.6 is 0 Å². The maximum absolute atomic E-state index is 5.13. The van der Waals surface area contributed by atoms with Crippen LogP contribution in [0.15, 0.2) is 116 Å². The van der Waals surface area contributed by atoms with E-state index in [1.54, 1.807) is 0 Å². The summed E-state index contributed by atoms with van der Waals surface area (Å²) in [5.74, 6) is 0. The van der Waals surface area contributed by atoms with Gasteiger partial charge in [-0.05, 0) is 58.7 Å². The lowest BCUT2D eigenvalue weighted by atomic mass is 9.56. The summed E-state index contributed by atoms with van der Waals surface area (Å²) < 4.78 is 0. The molecule has 3 aromatic carbocycles. The van der Waals surface area contributed by atoms with Gasteiger partial charge in [-0.3, -0.25) is 9.97 Å². The Balaban J connectivity index is 1.69. The predicted molar refractivity (Wildman–Crippen MR) is 141 cm³/mol. The van der Waals surface area contributed by atoms with Crippen LogP contribution in [0.2, 0.25) is 0 Å². The standard InChI is InChI=1S/C32H25N3/c1-31(2)25-16-10-20-33-29(25)32(30-26(31)17-11-21-34-30)23-14-6-8-18-27(23)35(22-12-4-3-5-13-22)28-19-9-7-15-24(28)32/h3-21H,1-2H3. The molecule has 0 saturated heterocycles. The van der Waals surface area contributed by atoms with Gasteiger partial charge in [-0.1, -0.05) is 80.6 Å². The van der Waals surface area contributed by atoms with Crippen LogP contribution in [0.4, 0.5) is 17.1 Å². The molecule has 168 valence electrons. The fourth-order valence-corrected chi connectivity index (χ4v) is 6.29. The van der Waals surface area contributed by atoms with Crippen LogP contribution in [0.1, 0.15) is 47.5 Å². The number of benzene rings is 3. The van der Waals surface area contributed by atoms with E-state index in [4.69, 9.17) is 9.97 Å². The molecule has 7 rings (SSSR count). The first-order chi connectivity index (χ1) is 17.1. The largest absolute Gasteiger partial charge is 0.310 e. The molecular formula is C32H25N3. The highest BCUT2D eigenvalue weighted by Crippen LogP contribution is 2.61. The van der Waals surface area contributed by atoms with E-state index in [2.05, 4.69) is 122 Å². The van der Waals surface area contributed by atoms with Gasteiger partial charge in [0.1, 0.15) is 5.41 Å². The summed E-state index contributed by atoms with van der Waals surface area (Å²) >= 11 is 0. The molecule has 1 aliphatic carbocycles. The molecule has 0 radical (unpaired) electrons. The van der Waals surface area contributed by atoms with Crippen molar-refractivity contribution in [2.45, 2.75) is 24.7 Å². The van der Waals surface area contributed by atoms with Gasteiger partial charge in [0, 0.05) is 23.5 Å². The molecule has 3 nitrogen and oxygen atoms in total. The molecular weight excluding hydrogens is 426 g/mol. The molecule has 0 unspecified atom stereocenters. The molecule has 0 bridgehead atoms. The minimum Gasteiger partial charge on any atom is -0.310 e. The van der Waals surface area contributed by atoms with E-state index in [-0.39, 0.29) is 5.41 Å². The van der Waals surface area contributed by atoms with Crippen LogP contribution in [-0.2, 0) is 10.8 Å². The number of para-hydroxylation sites is 3. The second kappa shape index (κ2) is 7.13. The Morgan fingerprint density at radius 3 is 1.51 bits per heavy atom. The first-order valence-corrected chi connectivity index (χ1v) is 12.1. The summed E-state index contributed by atoms with van der Waals surface area (Å²) in [5.41, 5.74) is 9.69. The van der Waals surface area contributed by atoms with Crippen molar-refractivity contribution in [1.29, 1.82) is 0 Å². The van der Waals surface area contributed by atoms with Crippen molar-refractivity contribution in [3.8, 4) is 0 Å². The van der Waals surface area contributed by atoms with Gasteiger partial charge in [0.25, 0.3) is 0 Å². The number of nitrogens with zero attached hydrogens (tertiary/aromatic N) is 3. The lowest BCUT2D eigenvalue weighted by molar-refractivity contribution is 0.529. The van der Waals surface area contributed by atoms with Crippen molar-refractivity contribution in [3.63, 3.8) is 0 Å². The first kappa shape index (κ1) is 20.2. The van der Waals surface area contributed by atoms with Gasteiger partial charge in [-0.2, -0.15) is 0 Å². The highest BCUT2D eigenvalue weighted by Gasteiger charge is 2.55. The minimum atomic E-state index is -0.610. The van der Waals surface area contributed by atoms with E-state index in [0.29, 0.717) is 0 Å². The summed E-state index contributed by atoms with van der Waals surface area (Å²) in [5, 5.41) is 0. The zero-order valence-corrected chi connectivity index (χ0v) is 19.8. The van der Waals surface area contributed by atoms with Gasteiger partial charge in [-0.15, -0.1) is 0 Å². The Morgan fingerprint density at radius 1 is 0.514 bits per heavy atom. The molecule has 2 aromatic heterocycles. The summed E-state index contributed by atoms with van der Waals surface area (Å²) in [6, 6.07) is 36.7. The number of fused-ring (bicyclic) bond motifs is 8. The third-order valence-corrected chi connectivity index (χ3v) is 7.78. The van der Waals surface area contributed by atoms with Gasteiger partial charge in [0.15, 0.2) is 0 Å². The second-order valence-electron chi connectivity index (χ2n) is 9.88. The van der Waals surface area contributed by atoms with Crippen molar-refractivity contribution >= 4 is 17.1 Å². The number of hydrogen-bond acceptors (Lipinski definition) is 3. The number of aromatic nitrogens is 2. The maximum Gasteiger partial charge on any atom is 0.109 e. The Kier molecular flexibility index (Phi) is 4.11. The molecule has 35 heavy (non-hydrogen) atoms. The van der Waals surface area contributed by atoms with Crippen molar-refractivity contribution < 1.29 is 0 Å². The van der Waals surface area contributed by atoms with E-state index >= 15 is 0 Å². The lowest BCUT2D eigenvalue weighted by Crippen LogP contribution is -2.46.